The quantitative estimate of drug-likeness (QED) is 0.661. The predicted octanol–water partition coefficient (Wildman–Crippen LogP) is 2.89. The van der Waals surface area contributed by atoms with Crippen LogP contribution in [0, 0.1) is 0 Å². The van der Waals surface area contributed by atoms with E-state index in [1.807, 2.05) is 0 Å². The van der Waals surface area contributed by atoms with E-state index in [9.17, 15) is 36.2 Å². The van der Waals surface area contributed by atoms with Gasteiger partial charge in [-0.15, -0.1) is 0 Å². The van der Waals surface area contributed by atoms with E-state index in [2.05, 4.69) is 10.4 Å². The van der Waals surface area contributed by atoms with Gasteiger partial charge in [0, 0.05) is 25.2 Å². The van der Waals surface area contributed by atoms with Crippen molar-refractivity contribution in [3.8, 4) is 5.75 Å². The zero-order chi connectivity index (χ0) is 24.0. The van der Waals surface area contributed by atoms with Crippen LogP contribution in [-0.2, 0) is 19.3 Å². The van der Waals surface area contributed by atoms with Crippen LogP contribution in [0.25, 0.3) is 0 Å². The van der Waals surface area contributed by atoms with Crippen molar-refractivity contribution in [1.29, 1.82) is 0 Å². The predicted molar refractivity (Wildman–Crippen MR) is 101 cm³/mol. The molecule has 0 saturated heterocycles. The summed E-state index contributed by atoms with van der Waals surface area (Å²) in [6, 6.07) is 3.17. The van der Waals surface area contributed by atoms with Crippen LogP contribution in [0.15, 0.2) is 24.3 Å². The number of hydrogen-bond donors (Lipinski definition) is 2. The van der Waals surface area contributed by atoms with Gasteiger partial charge in [-0.25, -0.2) is 0 Å². The number of aromatic nitrogens is 2. The van der Waals surface area contributed by atoms with Crippen LogP contribution in [0.2, 0.25) is 0 Å². The standard InChI is InChI=1S/C20H20F6N4O3/c21-19(22,23)3-4-29-5-6-30-12(9-29)8-14(28-30)18(32)27-15-10-33-16-2-1-11(20(24,25)26)7-13(16)17(15)31/h1-2,7-8,15,17,31H,3-6,9-10H2,(H,27,32)/t15-,17?/m0/s1. The topological polar surface area (TPSA) is 79.6 Å². The highest BCUT2D eigenvalue weighted by atomic mass is 19.4. The number of aliphatic hydroxyl groups excluding tert-OH is 1. The van der Waals surface area contributed by atoms with Crippen LogP contribution in [-0.4, -0.2) is 57.6 Å². The van der Waals surface area contributed by atoms with Gasteiger partial charge < -0.3 is 15.2 Å². The highest BCUT2D eigenvalue weighted by Gasteiger charge is 2.36. The van der Waals surface area contributed by atoms with Gasteiger partial charge >= 0.3 is 12.4 Å². The van der Waals surface area contributed by atoms with Gasteiger partial charge in [0.1, 0.15) is 18.5 Å². The van der Waals surface area contributed by atoms with Crippen molar-refractivity contribution < 1.29 is 41.0 Å². The van der Waals surface area contributed by atoms with E-state index < -0.39 is 42.4 Å². The molecule has 1 unspecified atom stereocenters. The van der Waals surface area contributed by atoms with Crippen LogP contribution in [0.4, 0.5) is 26.3 Å². The average molecular weight is 478 g/mol. The molecule has 33 heavy (non-hydrogen) atoms. The monoisotopic (exact) mass is 478 g/mol. The number of fused-ring (bicyclic) bond motifs is 2. The Hall–Kier alpha value is -2.80. The summed E-state index contributed by atoms with van der Waals surface area (Å²) in [4.78, 5) is 14.3. The fourth-order valence-corrected chi connectivity index (χ4v) is 3.85. The molecule has 3 heterocycles. The smallest absolute Gasteiger partial charge is 0.416 e. The lowest BCUT2D eigenvalue weighted by Crippen LogP contribution is -2.45. The zero-order valence-electron chi connectivity index (χ0n) is 17.1. The van der Waals surface area contributed by atoms with E-state index in [4.69, 9.17) is 4.74 Å². The van der Waals surface area contributed by atoms with E-state index >= 15 is 0 Å². The highest BCUT2D eigenvalue weighted by molar-refractivity contribution is 5.92. The summed E-state index contributed by atoms with van der Waals surface area (Å²) in [5, 5.41) is 17.2. The molecular formula is C20H20F6N4O3. The number of rotatable bonds is 4. The molecule has 1 aromatic heterocycles. The highest BCUT2D eigenvalue weighted by Crippen LogP contribution is 2.38. The first-order valence-electron chi connectivity index (χ1n) is 10.1. The van der Waals surface area contributed by atoms with Crippen molar-refractivity contribution in [1.82, 2.24) is 20.0 Å². The SMILES string of the molecule is O=C(N[C@H]1COc2ccc(C(F)(F)F)cc2C1O)c1cc2n(n1)CCN(CCC(F)(F)F)C2. The summed E-state index contributed by atoms with van der Waals surface area (Å²) in [5.74, 6) is -0.584. The van der Waals surface area contributed by atoms with Crippen molar-refractivity contribution in [3.63, 3.8) is 0 Å². The number of hydrogen-bond acceptors (Lipinski definition) is 5. The van der Waals surface area contributed by atoms with Crippen LogP contribution in [0.5, 0.6) is 5.75 Å². The Labute approximate surface area is 183 Å². The second-order valence-electron chi connectivity index (χ2n) is 7.97. The summed E-state index contributed by atoms with van der Waals surface area (Å²) in [6.45, 7) is 0.521. The van der Waals surface area contributed by atoms with Gasteiger partial charge in [0.2, 0.25) is 0 Å². The van der Waals surface area contributed by atoms with Crippen molar-refractivity contribution in [2.75, 3.05) is 19.7 Å². The molecule has 0 bridgehead atoms. The molecule has 0 radical (unpaired) electrons. The number of carbonyl (C=O) groups is 1. The van der Waals surface area contributed by atoms with E-state index in [0.29, 0.717) is 18.8 Å². The molecule has 2 aromatic rings. The van der Waals surface area contributed by atoms with Crippen molar-refractivity contribution in [2.24, 2.45) is 0 Å². The van der Waals surface area contributed by atoms with Crippen LogP contribution >= 0.6 is 0 Å². The molecule has 1 aromatic carbocycles. The van der Waals surface area contributed by atoms with Gasteiger partial charge in [0.15, 0.2) is 5.69 Å². The Morgan fingerprint density at radius 1 is 1.18 bits per heavy atom. The molecule has 1 amide bonds. The second kappa shape index (κ2) is 8.52. The summed E-state index contributed by atoms with van der Waals surface area (Å²) in [6.07, 6.45) is -11.2. The van der Waals surface area contributed by atoms with Crippen LogP contribution in [0.1, 0.15) is 39.8 Å². The minimum atomic E-state index is -4.60. The number of carbonyl (C=O) groups excluding carboxylic acids is 1. The Kier molecular flexibility index (Phi) is 6.03. The van der Waals surface area contributed by atoms with Crippen molar-refractivity contribution in [2.45, 2.75) is 44.0 Å². The number of aliphatic hydroxyl groups is 1. The maximum atomic E-state index is 13.0. The molecule has 0 saturated carbocycles. The molecule has 2 atom stereocenters. The maximum absolute atomic E-state index is 13.0. The molecule has 2 aliphatic heterocycles. The first-order chi connectivity index (χ1) is 15.4. The zero-order valence-corrected chi connectivity index (χ0v) is 17.1. The van der Waals surface area contributed by atoms with Crippen LogP contribution in [0.3, 0.4) is 0 Å². The van der Waals surface area contributed by atoms with E-state index in [-0.39, 0.29) is 36.7 Å². The van der Waals surface area contributed by atoms with Gasteiger partial charge in [-0.2, -0.15) is 31.4 Å². The molecule has 0 aliphatic carbocycles. The van der Waals surface area contributed by atoms with E-state index in [1.165, 1.54) is 10.7 Å². The first kappa shape index (κ1) is 23.4. The second-order valence-corrected chi connectivity index (χ2v) is 7.97. The first-order valence-corrected chi connectivity index (χ1v) is 10.1. The number of halogens is 6. The Balaban J connectivity index is 1.42. The molecule has 0 spiro atoms. The fraction of sp³-hybridized carbons (Fsp3) is 0.500. The Morgan fingerprint density at radius 3 is 2.64 bits per heavy atom. The lowest BCUT2D eigenvalue weighted by Gasteiger charge is -2.31. The third-order valence-corrected chi connectivity index (χ3v) is 5.59. The largest absolute Gasteiger partial charge is 0.491 e. The summed E-state index contributed by atoms with van der Waals surface area (Å²) in [7, 11) is 0. The normalized spacial score (nSPS) is 21.2. The number of nitrogens with zero attached hydrogens (tertiary/aromatic N) is 3. The number of nitrogens with one attached hydrogen (secondary N) is 1. The summed E-state index contributed by atoms with van der Waals surface area (Å²) >= 11 is 0. The van der Waals surface area contributed by atoms with Gasteiger partial charge in [-0.05, 0) is 24.3 Å². The third-order valence-electron chi connectivity index (χ3n) is 5.59. The van der Waals surface area contributed by atoms with Crippen LogP contribution < -0.4 is 10.1 Å². The third kappa shape index (κ3) is 5.24. The summed E-state index contributed by atoms with van der Waals surface area (Å²) < 4.78 is 83.3. The Morgan fingerprint density at radius 2 is 1.94 bits per heavy atom. The molecule has 13 heteroatoms. The van der Waals surface area contributed by atoms with Gasteiger partial charge in [0.05, 0.1) is 30.3 Å². The van der Waals surface area contributed by atoms with E-state index in [0.717, 1.165) is 18.2 Å². The molecule has 7 nitrogen and oxygen atoms in total. The number of amides is 1. The van der Waals surface area contributed by atoms with Gasteiger partial charge in [-0.3, -0.25) is 14.4 Å². The number of ether oxygens (including phenoxy) is 1. The molecule has 4 rings (SSSR count). The molecular weight excluding hydrogens is 458 g/mol. The number of alkyl halides is 6. The summed E-state index contributed by atoms with van der Waals surface area (Å²) in [5.41, 5.74) is -0.488. The fourth-order valence-electron chi connectivity index (χ4n) is 3.85. The minimum Gasteiger partial charge on any atom is -0.491 e. The van der Waals surface area contributed by atoms with E-state index in [1.54, 1.807) is 4.90 Å². The molecule has 0 fully saturated rings. The molecule has 180 valence electrons. The number of benzene rings is 1. The van der Waals surface area contributed by atoms with Crippen molar-refractivity contribution in [3.05, 3.63) is 46.8 Å². The minimum absolute atomic E-state index is 0.00953. The average Bonchev–Trinajstić information content (AvgIpc) is 3.16. The van der Waals surface area contributed by atoms with Gasteiger partial charge in [0.25, 0.3) is 5.91 Å². The lowest BCUT2D eigenvalue weighted by atomic mass is 9.97. The lowest BCUT2D eigenvalue weighted by molar-refractivity contribution is -0.139. The van der Waals surface area contributed by atoms with Gasteiger partial charge in [-0.1, -0.05) is 0 Å². The Bertz CT molecular complexity index is 1040. The molecule has 2 aliphatic rings. The molecule has 2 N–H and O–H groups in total. The maximum Gasteiger partial charge on any atom is 0.416 e. The van der Waals surface area contributed by atoms with Crippen molar-refractivity contribution >= 4 is 5.91 Å².